The first-order chi connectivity index (χ1) is 19.4. The van der Waals surface area contributed by atoms with Crippen molar-refractivity contribution in [3.05, 3.63) is 82.5 Å². The van der Waals surface area contributed by atoms with Gasteiger partial charge in [0.05, 0.1) is 18.8 Å². The summed E-state index contributed by atoms with van der Waals surface area (Å²) in [6.45, 7) is 3.61. The number of carboxylic acids is 1. The Hall–Kier alpha value is -3.25. The minimum absolute atomic E-state index is 0.0243. The lowest BCUT2D eigenvalue weighted by molar-refractivity contribution is -0.144. The highest BCUT2D eigenvalue weighted by molar-refractivity contribution is 6.30. The molecule has 2 aromatic carbocycles. The quantitative estimate of drug-likeness (QED) is 0.306. The molecule has 6 nitrogen and oxygen atoms in total. The Kier molecular flexibility index (Phi) is 7.39. The predicted molar refractivity (Wildman–Crippen MR) is 157 cm³/mol. The lowest BCUT2D eigenvalue weighted by Crippen LogP contribution is -2.53. The summed E-state index contributed by atoms with van der Waals surface area (Å²) < 4.78 is 12.1. The normalized spacial score (nSPS) is 25.9. The summed E-state index contributed by atoms with van der Waals surface area (Å²) in [4.78, 5) is 17.0. The molecule has 2 N–H and O–H groups in total. The molecular formula is C33H37ClN2O4. The predicted octanol–water partition coefficient (Wildman–Crippen LogP) is 7.08. The second-order valence-electron chi connectivity index (χ2n) is 11.9. The zero-order chi connectivity index (χ0) is 27.7. The van der Waals surface area contributed by atoms with Crippen molar-refractivity contribution in [3.63, 3.8) is 0 Å². The minimum Gasteiger partial charge on any atom is -0.493 e. The van der Waals surface area contributed by atoms with E-state index in [-0.39, 0.29) is 5.41 Å². The van der Waals surface area contributed by atoms with Crippen LogP contribution in [0.5, 0.6) is 11.6 Å². The Bertz CT molecular complexity index is 1380. The highest BCUT2D eigenvalue weighted by atomic mass is 35.5. The first-order valence-electron chi connectivity index (χ1n) is 14.5. The van der Waals surface area contributed by atoms with E-state index in [1.165, 1.54) is 11.1 Å². The van der Waals surface area contributed by atoms with Crippen molar-refractivity contribution in [2.45, 2.75) is 69.2 Å². The Morgan fingerprint density at radius 3 is 2.80 bits per heavy atom. The third-order valence-electron chi connectivity index (χ3n) is 9.41. The molecule has 1 aliphatic heterocycles. The van der Waals surface area contributed by atoms with Crippen molar-refractivity contribution in [2.24, 2.45) is 11.8 Å². The molecule has 40 heavy (non-hydrogen) atoms. The molecule has 2 heterocycles. The summed E-state index contributed by atoms with van der Waals surface area (Å²) in [5, 5.41) is 14.4. The number of nitrogens with one attached hydrogen (secondary N) is 1. The Labute approximate surface area is 241 Å². The van der Waals surface area contributed by atoms with E-state index in [1.54, 1.807) is 18.3 Å². The van der Waals surface area contributed by atoms with Crippen molar-refractivity contribution in [1.82, 2.24) is 4.98 Å². The number of pyridine rings is 1. The van der Waals surface area contributed by atoms with Crippen molar-refractivity contribution in [2.75, 3.05) is 18.5 Å². The Morgan fingerprint density at radius 1 is 1.18 bits per heavy atom. The van der Waals surface area contributed by atoms with Crippen LogP contribution in [0.2, 0.25) is 5.02 Å². The van der Waals surface area contributed by atoms with Crippen LogP contribution < -0.4 is 14.8 Å². The van der Waals surface area contributed by atoms with Crippen LogP contribution in [0.15, 0.2) is 60.8 Å². The molecule has 0 unspecified atom stereocenters. The molecule has 0 radical (unpaired) electrons. The third-order valence-corrected chi connectivity index (χ3v) is 9.64. The fourth-order valence-electron chi connectivity index (χ4n) is 7.36. The van der Waals surface area contributed by atoms with Gasteiger partial charge in [0.15, 0.2) is 0 Å². The molecule has 3 aliphatic rings. The molecule has 0 bridgehead atoms. The van der Waals surface area contributed by atoms with Gasteiger partial charge in [-0.1, -0.05) is 48.9 Å². The SMILES string of the molecule is C[C@@H](COc1ccnc2c1CCCO2)C[C@H]1Cc2ccccc2C12CCC(Nc1cccc(Cl)c1)(C(=O)O)CC2. The van der Waals surface area contributed by atoms with Crippen LogP contribution in [-0.4, -0.2) is 34.8 Å². The van der Waals surface area contributed by atoms with E-state index >= 15 is 0 Å². The minimum atomic E-state index is -1.00. The average molecular weight is 561 g/mol. The summed E-state index contributed by atoms with van der Waals surface area (Å²) in [6.07, 6.45) is 8.53. The van der Waals surface area contributed by atoms with E-state index in [0.29, 0.717) is 48.8 Å². The zero-order valence-electron chi connectivity index (χ0n) is 23.0. The second-order valence-corrected chi connectivity index (χ2v) is 12.4. The maximum Gasteiger partial charge on any atom is 0.329 e. The highest BCUT2D eigenvalue weighted by Gasteiger charge is 2.54. The number of rotatable bonds is 8. The molecule has 6 rings (SSSR count). The van der Waals surface area contributed by atoms with Gasteiger partial charge in [-0.2, -0.15) is 0 Å². The van der Waals surface area contributed by atoms with Crippen molar-refractivity contribution >= 4 is 23.3 Å². The molecule has 3 aromatic rings. The van der Waals surface area contributed by atoms with Gasteiger partial charge >= 0.3 is 5.97 Å². The van der Waals surface area contributed by atoms with Gasteiger partial charge in [-0.15, -0.1) is 0 Å². The maximum absolute atomic E-state index is 12.7. The van der Waals surface area contributed by atoms with Gasteiger partial charge in [-0.3, -0.25) is 0 Å². The summed E-state index contributed by atoms with van der Waals surface area (Å²) in [6, 6.07) is 18.1. The van der Waals surface area contributed by atoms with Crippen molar-refractivity contribution < 1.29 is 19.4 Å². The van der Waals surface area contributed by atoms with Gasteiger partial charge in [0.2, 0.25) is 5.88 Å². The zero-order valence-corrected chi connectivity index (χ0v) is 23.8. The third kappa shape index (κ3) is 5.03. The first-order valence-corrected chi connectivity index (χ1v) is 14.9. The van der Waals surface area contributed by atoms with E-state index < -0.39 is 11.5 Å². The molecule has 1 aromatic heterocycles. The van der Waals surface area contributed by atoms with Crippen molar-refractivity contribution in [1.29, 1.82) is 0 Å². The maximum atomic E-state index is 12.7. The average Bonchev–Trinajstić information content (AvgIpc) is 3.25. The number of anilines is 1. The molecular weight excluding hydrogens is 524 g/mol. The van der Waals surface area contributed by atoms with E-state index in [2.05, 4.69) is 41.5 Å². The van der Waals surface area contributed by atoms with Crippen LogP contribution in [0.4, 0.5) is 5.69 Å². The number of halogens is 1. The highest BCUT2D eigenvalue weighted by Crippen LogP contribution is 2.56. The summed E-state index contributed by atoms with van der Waals surface area (Å²) in [5.74, 6) is 1.59. The molecule has 0 saturated heterocycles. The Balaban J connectivity index is 1.19. The molecule has 210 valence electrons. The number of ether oxygens (including phenoxy) is 2. The van der Waals surface area contributed by atoms with Gasteiger partial charge in [-0.05, 0) is 104 Å². The summed E-state index contributed by atoms with van der Waals surface area (Å²) >= 11 is 6.20. The van der Waals surface area contributed by atoms with Crippen LogP contribution in [0.25, 0.3) is 0 Å². The number of fused-ring (bicyclic) bond motifs is 3. The number of carboxylic acid groups (broad SMARTS) is 1. The van der Waals surface area contributed by atoms with E-state index in [1.807, 2.05) is 18.2 Å². The summed E-state index contributed by atoms with van der Waals surface area (Å²) in [5.41, 5.74) is 3.62. The fraction of sp³-hybridized carbons (Fsp3) is 0.455. The number of hydrogen-bond acceptors (Lipinski definition) is 5. The topological polar surface area (TPSA) is 80.7 Å². The molecule has 2 atom stereocenters. The van der Waals surface area contributed by atoms with Gasteiger partial charge in [-0.25, -0.2) is 9.78 Å². The van der Waals surface area contributed by atoms with Crippen LogP contribution >= 0.6 is 11.6 Å². The molecule has 0 amide bonds. The van der Waals surface area contributed by atoms with E-state index in [9.17, 15) is 9.90 Å². The Morgan fingerprint density at radius 2 is 2.00 bits per heavy atom. The van der Waals surface area contributed by atoms with Gasteiger partial charge < -0.3 is 19.9 Å². The number of aromatic nitrogens is 1. The number of hydrogen-bond donors (Lipinski definition) is 2. The van der Waals surface area contributed by atoms with Crippen LogP contribution in [0.3, 0.4) is 0 Å². The molecule has 1 saturated carbocycles. The van der Waals surface area contributed by atoms with E-state index in [0.717, 1.165) is 55.5 Å². The molecule has 1 spiro atoms. The number of benzene rings is 2. The van der Waals surface area contributed by atoms with Gasteiger partial charge in [0, 0.05) is 16.9 Å². The van der Waals surface area contributed by atoms with Crippen molar-refractivity contribution in [3.8, 4) is 11.6 Å². The monoisotopic (exact) mass is 560 g/mol. The smallest absolute Gasteiger partial charge is 0.329 e. The van der Waals surface area contributed by atoms with Crippen LogP contribution in [0.1, 0.15) is 62.1 Å². The van der Waals surface area contributed by atoms with Gasteiger partial charge in [0.25, 0.3) is 0 Å². The van der Waals surface area contributed by atoms with E-state index in [4.69, 9.17) is 21.1 Å². The fourth-order valence-corrected chi connectivity index (χ4v) is 7.55. The number of carbonyl (C=O) groups is 1. The molecule has 2 aliphatic carbocycles. The van der Waals surface area contributed by atoms with Gasteiger partial charge in [0.1, 0.15) is 11.3 Å². The molecule has 7 heteroatoms. The second kappa shape index (κ2) is 11.0. The largest absolute Gasteiger partial charge is 0.493 e. The standard InChI is InChI=1S/C33H37ClN2O4/c1-22(21-40-29-11-16-35-30-27(29)9-5-17-39-30)18-24-19-23-6-2-3-10-28(23)32(24)12-14-33(15-13-32,31(37)38)36-26-8-4-7-25(34)20-26/h2-4,6-8,10-11,16,20,22,24,36H,5,9,12-15,17-19,21H2,1H3,(H,37,38)/t22-,24+,32?,33?/m1/s1. The van der Waals surface area contributed by atoms with Crippen LogP contribution in [0, 0.1) is 11.8 Å². The number of aliphatic carboxylic acids is 1. The first kappa shape index (κ1) is 26.9. The van der Waals surface area contributed by atoms with Crippen LogP contribution in [-0.2, 0) is 23.1 Å². The lowest BCUT2D eigenvalue weighted by atomic mass is 9.59. The molecule has 1 fully saturated rings. The lowest BCUT2D eigenvalue weighted by Gasteiger charge is -2.47. The summed E-state index contributed by atoms with van der Waals surface area (Å²) in [7, 11) is 0. The number of nitrogens with zero attached hydrogens (tertiary/aromatic N) is 1.